The quantitative estimate of drug-likeness (QED) is 0.759. The maximum atomic E-state index is 5.76. The molecule has 1 fully saturated rings. The fourth-order valence-corrected chi connectivity index (χ4v) is 3.46. The number of nitrogens with one attached hydrogen (secondary N) is 1. The van der Waals surface area contributed by atoms with Crippen LogP contribution in [0.3, 0.4) is 0 Å². The van der Waals surface area contributed by atoms with Crippen LogP contribution in [0.15, 0.2) is 0 Å². The Kier molecular flexibility index (Phi) is 5.44. The van der Waals surface area contributed by atoms with Gasteiger partial charge in [0.25, 0.3) is 0 Å². The first-order valence-electron chi connectivity index (χ1n) is 6.07. The van der Waals surface area contributed by atoms with Crippen LogP contribution in [0.1, 0.15) is 40.5 Å². The zero-order chi connectivity index (χ0) is 11.3. The van der Waals surface area contributed by atoms with Gasteiger partial charge in [-0.05, 0) is 45.9 Å². The van der Waals surface area contributed by atoms with Gasteiger partial charge in [0.1, 0.15) is 0 Å². The molecule has 90 valence electrons. The normalized spacial score (nSPS) is 28.6. The summed E-state index contributed by atoms with van der Waals surface area (Å²) in [7, 11) is 0. The minimum absolute atomic E-state index is 0.334. The SMILES string of the molecule is CCNC(COC(C)C)C1(C)CCCS1. The highest BCUT2D eigenvalue weighted by molar-refractivity contribution is 8.00. The van der Waals surface area contributed by atoms with Gasteiger partial charge in [0.15, 0.2) is 0 Å². The molecule has 0 aromatic rings. The average Bonchev–Trinajstić information content (AvgIpc) is 2.60. The summed E-state index contributed by atoms with van der Waals surface area (Å²) in [6, 6.07) is 0.498. The van der Waals surface area contributed by atoms with Gasteiger partial charge >= 0.3 is 0 Å². The molecule has 0 bridgehead atoms. The van der Waals surface area contributed by atoms with Crippen molar-refractivity contribution in [3.8, 4) is 0 Å². The van der Waals surface area contributed by atoms with Crippen LogP contribution in [0.5, 0.6) is 0 Å². The summed E-state index contributed by atoms with van der Waals surface area (Å²) in [5.41, 5.74) is 0. The number of thioether (sulfide) groups is 1. The molecule has 2 atom stereocenters. The summed E-state index contributed by atoms with van der Waals surface area (Å²) in [4.78, 5) is 0. The highest BCUT2D eigenvalue weighted by Gasteiger charge is 2.37. The molecule has 2 unspecified atom stereocenters. The van der Waals surface area contributed by atoms with Crippen LogP contribution >= 0.6 is 11.8 Å². The maximum Gasteiger partial charge on any atom is 0.0636 e. The second-order valence-corrected chi connectivity index (χ2v) is 6.39. The molecule has 3 heteroatoms. The fraction of sp³-hybridized carbons (Fsp3) is 1.00. The predicted molar refractivity (Wildman–Crippen MR) is 68.6 cm³/mol. The second-order valence-electron chi connectivity index (χ2n) is 4.76. The van der Waals surface area contributed by atoms with E-state index in [1.54, 1.807) is 0 Å². The van der Waals surface area contributed by atoms with Gasteiger partial charge in [-0.1, -0.05) is 6.92 Å². The first-order valence-corrected chi connectivity index (χ1v) is 7.06. The first kappa shape index (κ1) is 13.3. The Labute approximate surface area is 98.5 Å². The maximum absolute atomic E-state index is 5.76. The van der Waals surface area contributed by atoms with Crippen LogP contribution in [-0.4, -0.2) is 35.8 Å². The van der Waals surface area contributed by atoms with Gasteiger partial charge in [-0.3, -0.25) is 0 Å². The number of hydrogen-bond donors (Lipinski definition) is 1. The van der Waals surface area contributed by atoms with E-state index in [0.717, 1.165) is 13.2 Å². The zero-order valence-corrected chi connectivity index (χ0v) is 11.3. The van der Waals surface area contributed by atoms with Crippen molar-refractivity contribution in [3.63, 3.8) is 0 Å². The van der Waals surface area contributed by atoms with Crippen molar-refractivity contribution in [1.29, 1.82) is 0 Å². The third kappa shape index (κ3) is 3.97. The minimum Gasteiger partial charge on any atom is -0.377 e. The second kappa shape index (κ2) is 6.12. The van der Waals surface area contributed by atoms with Crippen LogP contribution in [-0.2, 0) is 4.74 Å². The molecule has 0 saturated carbocycles. The molecule has 0 aromatic carbocycles. The van der Waals surface area contributed by atoms with E-state index in [2.05, 4.69) is 44.8 Å². The standard InChI is InChI=1S/C12H25NOS/c1-5-13-11(9-14-10(2)3)12(4)7-6-8-15-12/h10-11,13H,5-9H2,1-4H3. The number of likely N-dealkylation sites (N-methyl/N-ethyl adjacent to an activating group) is 1. The number of ether oxygens (including phenoxy) is 1. The van der Waals surface area contributed by atoms with Crippen molar-refractivity contribution in [2.75, 3.05) is 18.9 Å². The lowest BCUT2D eigenvalue weighted by molar-refractivity contribution is 0.0542. The molecule has 0 aromatic heterocycles. The summed E-state index contributed by atoms with van der Waals surface area (Å²) in [6.07, 6.45) is 3.00. The van der Waals surface area contributed by atoms with E-state index in [-0.39, 0.29) is 0 Å². The van der Waals surface area contributed by atoms with Gasteiger partial charge in [0.05, 0.1) is 12.7 Å². The highest BCUT2D eigenvalue weighted by Crippen LogP contribution is 2.40. The Bertz CT molecular complexity index is 178. The summed E-state index contributed by atoms with van der Waals surface area (Å²) >= 11 is 2.10. The van der Waals surface area contributed by atoms with Crippen molar-refractivity contribution >= 4 is 11.8 Å². The monoisotopic (exact) mass is 231 g/mol. The largest absolute Gasteiger partial charge is 0.377 e. The minimum atomic E-state index is 0.334. The van der Waals surface area contributed by atoms with E-state index < -0.39 is 0 Å². The number of rotatable bonds is 6. The Morgan fingerprint density at radius 3 is 2.67 bits per heavy atom. The molecule has 1 N–H and O–H groups in total. The third-order valence-electron chi connectivity index (χ3n) is 3.03. The summed E-state index contributed by atoms with van der Waals surface area (Å²) in [6.45, 7) is 10.6. The molecule has 0 amide bonds. The van der Waals surface area contributed by atoms with Crippen LogP contribution in [0.25, 0.3) is 0 Å². The summed E-state index contributed by atoms with van der Waals surface area (Å²) < 4.78 is 6.14. The van der Waals surface area contributed by atoms with Gasteiger partial charge in [-0.25, -0.2) is 0 Å². The third-order valence-corrected chi connectivity index (χ3v) is 4.67. The molecular formula is C12H25NOS. The molecule has 0 radical (unpaired) electrons. The summed E-state index contributed by atoms with van der Waals surface area (Å²) in [5, 5.41) is 3.57. The Hall–Kier alpha value is 0.270. The topological polar surface area (TPSA) is 21.3 Å². The lowest BCUT2D eigenvalue weighted by atomic mass is 9.96. The van der Waals surface area contributed by atoms with Gasteiger partial charge in [-0.15, -0.1) is 0 Å². The lowest BCUT2D eigenvalue weighted by Gasteiger charge is -2.34. The highest BCUT2D eigenvalue weighted by atomic mass is 32.2. The Balaban J connectivity index is 2.48. The van der Waals surface area contributed by atoms with Gasteiger partial charge in [0, 0.05) is 10.8 Å². The predicted octanol–water partition coefficient (Wildman–Crippen LogP) is 2.68. The van der Waals surface area contributed by atoms with E-state index in [9.17, 15) is 0 Å². The van der Waals surface area contributed by atoms with Crippen LogP contribution < -0.4 is 5.32 Å². The molecule has 2 nitrogen and oxygen atoms in total. The van der Waals surface area contributed by atoms with E-state index in [1.165, 1.54) is 18.6 Å². The van der Waals surface area contributed by atoms with E-state index in [4.69, 9.17) is 4.74 Å². The molecule has 1 aliphatic heterocycles. The molecular weight excluding hydrogens is 206 g/mol. The van der Waals surface area contributed by atoms with Crippen molar-refractivity contribution in [2.45, 2.75) is 57.4 Å². The number of hydrogen-bond acceptors (Lipinski definition) is 3. The van der Waals surface area contributed by atoms with Crippen LogP contribution in [0, 0.1) is 0 Å². The lowest BCUT2D eigenvalue weighted by Crippen LogP contribution is -2.48. The zero-order valence-electron chi connectivity index (χ0n) is 10.5. The van der Waals surface area contributed by atoms with Gasteiger partial charge < -0.3 is 10.1 Å². The fourth-order valence-electron chi connectivity index (χ4n) is 2.06. The molecule has 1 heterocycles. The summed E-state index contributed by atoms with van der Waals surface area (Å²) in [5.74, 6) is 1.31. The van der Waals surface area contributed by atoms with Crippen LogP contribution in [0.4, 0.5) is 0 Å². The molecule has 1 saturated heterocycles. The molecule has 15 heavy (non-hydrogen) atoms. The van der Waals surface area contributed by atoms with Crippen molar-refractivity contribution in [1.82, 2.24) is 5.32 Å². The Morgan fingerprint density at radius 1 is 1.47 bits per heavy atom. The van der Waals surface area contributed by atoms with E-state index in [1.807, 2.05) is 0 Å². The Morgan fingerprint density at radius 2 is 2.20 bits per heavy atom. The van der Waals surface area contributed by atoms with Crippen molar-refractivity contribution in [2.24, 2.45) is 0 Å². The molecule has 0 aliphatic carbocycles. The molecule has 0 spiro atoms. The van der Waals surface area contributed by atoms with E-state index >= 15 is 0 Å². The smallest absolute Gasteiger partial charge is 0.0636 e. The van der Waals surface area contributed by atoms with E-state index in [0.29, 0.717) is 16.9 Å². The average molecular weight is 231 g/mol. The van der Waals surface area contributed by atoms with Crippen molar-refractivity contribution < 1.29 is 4.74 Å². The van der Waals surface area contributed by atoms with Gasteiger partial charge in [0.2, 0.25) is 0 Å². The van der Waals surface area contributed by atoms with Crippen LogP contribution in [0.2, 0.25) is 0 Å². The first-order chi connectivity index (χ1) is 7.08. The molecule has 1 rings (SSSR count). The van der Waals surface area contributed by atoms with Crippen molar-refractivity contribution in [3.05, 3.63) is 0 Å². The molecule has 1 aliphatic rings. The van der Waals surface area contributed by atoms with Gasteiger partial charge in [-0.2, -0.15) is 11.8 Å².